The molecular weight excluding hydrogens is 288 g/mol. The summed E-state index contributed by atoms with van der Waals surface area (Å²) in [5.41, 5.74) is 1.11. The summed E-state index contributed by atoms with van der Waals surface area (Å²) in [5, 5.41) is 9.85. The number of hydrogen-bond donors (Lipinski definition) is 1. The fourth-order valence-corrected chi connectivity index (χ4v) is 4.44. The number of β-amino-alcohol motifs (C(OH)–C–C–N with tert-alkyl or cyclic N) is 1. The minimum atomic E-state index is -3.54. The number of rotatable bonds is 5. The number of likely N-dealkylation sites (N-methyl/N-ethyl adjacent to an activating group) is 1. The van der Waals surface area contributed by atoms with Gasteiger partial charge in [0.05, 0.1) is 11.0 Å². The molecule has 6 heteroatoms. The molecule has 1 aliphatic rings. The molecule has 0 aliphatic carbocycles. The Morgan fingerprint density at radius 1 is 1.29 bits per heavy atom. The summed E-state index contributed by atoms with van der Waals surface area (Å²) in [5.74, 6) is 0. The van der Waals surface area contributed by atoms with Crippen LogP contribution in [0.1, 0.15) is 18.9 Å². The van der Waals surface area contributed by atoms with E-state index in [2.05, 4.69) is 0 Å². The van der Waals surface area contributed by atoms with Gasteiger partial charge in [-0.3, -0.25) is 0 Å². The van der Waals surface area contributed by atoms with Gasteiger partial charge in [0.1, 0.15) is 0 Å². The first-order chi connectivity index (χ1) is 9.84. The van der Waals surface area contributed by atoms with Gasteiger partial charge in [0, 0.05) is 19.1 Å². The van der Waals surface area contributed by atoms with Crippen LogP contribution in [0.3, 0.4) is 0 Å². The molecule has 1 saturated heterocycles. The van der Waals surface area contributed by atoms with E-state index in [1.807, 2.05) is 38.1 Å². The van der Waals surface area contributed by atoms with E-state index in [9.17, 15) is 13.5 Å². The van der Waals surface area contributed by atoms with Crippen molar-refractivity contribution >= 4 is 10.0 Å². The molecule has 2 unspecified atom stereocenters. The minimum absolute atomic E-state index is 0.175. The van der Waals surface area contributed by atoms with Gasteiger partial charge in [0.15, 0.2) is 0 Å². The lowest BCUT2D eigenvalue weighted by molar-refractivity contribution is 0.188. The Balaban J connectivity index is 2.27. The molecule has 0 radical (unpaired) electrons. The van der Waals surface area contributed by atoms with Crippen molar-refractivity contribution in [3.63, 3.8) is 0 Å². The van der Waals surface area contributed by atoms with Crippen molar-refractivity contribution in [2.24, 2.45) is 0 Å². The number of hydrogen-bond acceptors (Lipinski definition) is 4. The van der Waals surface area contributed by atoms with Crippen LogP contribution in [0, 0.1) is 0 Å². The Bertz CT molecular complexity index is 569. The molecule has 21 heavy (non-hydrogen) atoms. The van der Waals surface area contributed by atoms with Crippen LogP contribution in [0.4, 0.5) is 0 Å². The average molecular weight is 312 g/mol. The van der Waals surface area contributed by atoms with E-state index < -0.39 is 16.1 Å². The molecule has 0 amide bonds. The van der Waals surface area contributed by atoms with Gasteiger partial charge in [-0.2, -0.15) is 4.31 Å². The Kier molecular flexibility index (Phi) is 5.03. The summed E-state index contributed by atoms with van der Waals surface area (Å²) in [6.07, 6.45) is 0.788. The molecule has 118 valence electrons. The zero-order valence-corrected chi connectivity index (χ0v) is 13.7. The molecule has 1 aliphatic heterocycles. The molecule has 0 spiro atoms. The molecule has 0 aromatic heterocycles. The summed E-state index contributed by atoms with van der Waals surface area (Å²) in [4.78, 5) is 2.25. The molecule has 0 saturated carbocycles. The third-order valence-electron chi connectivity index (χ3n) is 3.86. The quantitative estimate of drug-likeness (QED) is 0.879. The van der Waals surface area contributed by atoms with E-state index in [1.165, 1.54) is 4.31 Å². The Labute approximate surface area is 127 Å². The van der Waals surface area contributed by atoms with Crippen LogP contribution < -0.4 is 0 Å². The highest BCUT2D eigenvalue weighted by atomic mass is 32.2. The van der Waals surface area contributed by atoms with E-state index in [-0.39, 0.29) is 12.6 Å². The van der Waals surface area contributed by atoms with Crippen LogP contribution in [0.25, 0.3) is 0 Å². The number of aliphatic hydroxyl groups excluding tert-OH is 1. The van der Waals surface area contributed by atoms with Crippen molar-refractivity contribution in [2.75, 3.05) is 27.2 Å². The maximum absolute atomic E-state index is 12.8. The predicted octanol–water partition coefficient (Wildman–Crippen LogP) is 0.934. The zero-order chi connectivity index (χ0) is 15.6. The van der Waals surface area contributed by atoms with Crippen LogP contribution in [0.5, 0.6) is 0 Å². The molecule has 5 nitrogen and oxygen atoms in total. The molecule has 1 aromatic carbocycles. The highest BCUT2D eigenvalue weighted by molar-refractivity contribution is 7.89. The second-order valence-corrected chi connectivity index (χ2v) is 7.77. The summed E-state index contributed by atoms with van der Waals surface area (Å²) >= 11 is 0. The molecule has 1 N–H and O–H groups in total. The van der Waals surface area contributed by atoms with E-state index in [4.69, 9.17) is 0 Å². The predicted molar refractivity (Wildman–Crippen MR) is 82.7 cm³/mol. The molecule has 0 bridgehead atoms. The van der Waals surface area contributed by atoms with Crippen molar-refractivity contribution in [3.05, 3.63) is 29.8 Å². The molecule has 2 rings (SSSR count). The van der Waals surface area contributed by atoms with Gasteiger partial charge in [-0.1, -0.05) is 19.1 Å². The second kappa shape index (κ2) is 6.44. The largest absolute Gasteiger partial charge is 0.392 e. The average Bonchev–Trinajstić information content (AvgIpc) is 2.79. The summed E-state index contributed by atoms with van der Waals surface area (Å²) in [7, 11) is 0.272. The number of sulfonamides is 1. The summed E-state index contributed by atoms with van der Waals surface area (Å²) in [6, 6.07) is 6.84. The first-order valence-corrected chi connectivity index (χ1v) is 8.72. The minimum Gasteiger partial charge on any atom is -0.392 e. The SMILES string of the molecule is CCc1ccc(S(=O)(=O)N2CC(O)CC2CN(C)C)cc1. The fraction of sp³-hybridized carbons (Fsp3) is 0.600. The van der Waals surface area contributed by atoms with Crippen molar-refractivity contribution < 1.29 is 13.5 Å². The van der Waals surface area contributed by atoms with Crippen LogP contribution in [-0.2, 0) is 16.4 Å². The molecular formula is C15H24N2O3S. The van der Waals surface area contributed by atoms with Gasteiger partial charge in [-0.05, 0) is 44.6 Å². The lowest BCUT2D eigenvalue weighted by Gasteiger charge is -2.26. The lowest BCUT2D eigenvalue weighted by Crippen LogP contribution is -2.41. The third kappa shape index (κ3) is 3.63. The Hall–Kier alpha value is -0.950. The van der Waals surface area contributed by atoms with Gasteiger partial charge in [-0.15, -0.1) is 0 Å². The van der Waals surface area contributed by atoms with Gasteiger partial charge in [0.2, 0.25) is 10.0 Å². The molecule has 1 heterocycles. The lowest BCUT2D eigenvalue weighted by atomic mass is 10.2. The molecule has 1 fully saturated rings. The highest BCUT2D eigenvalue weighted by Gasteiger charge is 2.39. The number of aryl methyl sites for hydroxylation is 1. The fourth-order valence-electron chi connectivity index (χ4n) is 2.78. The number of benzene rings is 1. The topological polar surface area (TPSA) is 60.9 Å². The van der Waals surface area contributed by atoms with Crippen molar-refractivity contribution in [2.45, 2.75) is 36.8 Å². The van der Waals surface area contributed by atoms with E-state index in [0.29, 0.717) is 17.9 Å². The third-order valence-corrected chi connectivity index (χ3v) is 5.79. The van der Waals surface area contributed by atoms with E-state index >= 15 is 0 Å². The maximum atomic E-state index is 12.8. The van der Waals surface area contributed by atoms with Crippen LogP contribution in [-0.4, -0.2) is 62.1 Å². The van der Waals surface area contributed by atoms with Crippen molar-refractivity contribution in [3.8, 4) is 0 Å². The van der Waals surface area contributed by atoms with Crippen molar-refractivity contribution in [1.29, 1.82) is 0 Å². The summed E-state index contributed by atoms with van der Waals surface area (Å²) < 4.78 is 27.0. The van der Waals surface area contributed by atoms with E-state index in [1.54, 1.807) is 12.1 Å². The zero-order valence-electron chi connectivity index (χ0n) is 12.9. The maximum Gasteiger partial charge on any atom is 0.243 e. The number of aliphatic hydroxyl groups is 1. The van der Waals surface area contributed by atoms with Crippen LogP contribution in [0.2, 0.25) is 0 Å². The van der Waals surface area contributed by atoms with Crippen molar-refractivity contribution in [1.82, 2.24) is 9.21 Å². The highest BCUT2D eigenvalue weighted by Crippen LogP contribution is 2.27. The monoisotopic (exact) mass is 312 g/mol. The standard InChI is InChI=1S/C15H24N2O3S/c1-4-12-5-7-15(8-6-12)21(19,20)17-11-14(18)9-13(17)10-16(2)3/h5-8,13-14,18H,4,9-11H2,1-3H3. The Morgan fingerprint density at radius 2 is 1.90 bits per heavy atom. The van der Waals surface area contributed by atoms with Crippen LogP contribution in [0.15, 0.2) is 29.2 Å². The smallest absolute Gasteiger partial charge is 0.243 e. The van der Waals surface area contributed by atoms with Gasteiger partial charge in [0.25, 0.3) is 0 Å². The normalized spacial score (nSPS) is 23.9. The summed E-state index contributed by atoms with van der Waals surface area (Å²) in [6.45, 7) is 2.83. The number of nitrogens with zero attached hydrogens (tertiary/aromatic N) is 2. The van der Waals surface area contributed by atoms with Crippen LogP contribution >= 0.6 is 0 Å². The second-order valence-electron chi connectivity index (χ2n) is 5.88. The Morgan fingerprint density at radius 3 is 2.43 bits per heavy atom. The van der Waals surface area contributed by atoms with Gasteiger partial charge >= 0.3 is 0 Å². The molecule has 2 atom stereocenters. The van der Waals surface area contributed by atoms with E-state index in [0.717, 1.165) is 12.0 Å². The first kappa shape index (κ1) is 16.4. The van der Waals surface area contributed by atoms with Gasteiger partial charge in [-0.25, -0.2) is 8.42 Å². The van der Waals surface area contributed by atoms with Gasteiger partial charge < -0.3 is 10.0 Å². The first-order valence-electron chi connectivity index (χ1n) is 7.28. The molecule has 1 aromatic rings.